The number of piperidine rings is 1. The Hall–Kier alpha value is -0.0800. The van der Waals surface area contributed by atoms with E-state index in [1.165, 1.54) is 51.5 Å². The van der Waals surface area contributed by atoms with Gasteiger partial charge in [-0.15, -0.1) is 0 Å². The molecule has 19 heavy (non-hydrogen) atoms. The maximum atomic E-state index is 3.49. The van der Waals surface area contributed by atoms with Gasteiger partial charge in [0, 0.05) is 12.1 Å². The van der Waals surface area contributed by atoms with Crippen molar-refractivity contribution in [3.8, 4) is 0 Å². The van der Waals surface area contributed by atoms with Gasteiger partial charge < -0.3 is 10.2 Å². The Kier molecular flexibility index (Phi) is 4.19. The summed E-state index contributed by atoms with van der Waals surface area (Å²) in [6.45, 7) is 3.68. The summed E-state index contributed by atoms with van der Waals surface area (Å²) in [5.74, 6) is 3.94. The molecule has 2 aliphatic heterocycles. The number of rotatable bonds is 3. The molecule has 0 spiro atoms. The summed E-state index contributed by atoms with van der Waals surface area (Å²) in [6.07, 6.45) is 10.4. The molecule has 0 aromatic carbocycles. The standard InChI is InChI=1S/C17H32N2/c1-12-4-6-13(7-5-12)15-10-14-8-9-17(19(14)3)16(15)11-18-2/h12-18H,4-11H2,1-3H3/t12?,13?,14-,15-,16?,17?/m1/s1. The summed E-state index contributed by atoms with van der Waals surface area (Å²) in [7, 11) is 4.52. The molecular formula is C17H32N2. The van der Waals surface area contributed by atoms with Crippen LogP contribution in [0.2, 0.25) is 0 Å². The van der Waals surface area contributed by atoms with Gasteiger partial charge in [-0.25, -0.2) is 0 Å². The van der Waals surface area contributed by atoms with E-state index >= 15 is 0 Å². The van der Waals surface area contributed by atoms with Crippen LogP contribution in [0.1, 0.15) is 51.9 Å². The first kappa shape index (κ1) is 13.9. The van der Waals surface area contributed by atoms with Gasteiger partial charge in [0.05, 0.1) is 0 Å². The number of hydrogen-bond donors (Lipinski definition) is 1. The Labute approximate surface area is 119 Å². The first-order valence-corrected chi connectivity index (χ1v) is 8.57. The highest BCUT2D eigenvalue weighted by Crippen LogP contribution is 2.47. The van der Waals surface area contributed by atoms with Crippen LogP contribution in [0.3, 0.4) is 0 Å². The third-order valence-electron chi connectivity index (χ3n) is 6.59. The number of nitrogens with zero attached hydrogens (tertiary/aromatic N) is 1. The van der Waals surface area contributed by atoms with Crippen molar-refractivity contribution in [1.29, 1.82) is 0 Å². The van der Waals surface area contributed by atoms with Crippen LogP contribution in [-0.2, 0) is 0 Å². The number of nitrogens with one attached hydrogen (secondary N) is 1. The smallest absolute Gasteiger partial charge is 0.0139 e. The minimum Gasteiger partial charge on any atom is -0.319 e. The highest BCUT2D eigenvalue weighted by molar-refractivity contribution is 5.01. The fourth-order valence-corrected chi connectivity index (χ4v) is 5.39. The van der Waals surface area contributed by atoms with Crippen molar-refractivity contribution in [2.75, 3.05) is 20.6 Å². The monoisotopic (exact) mass is 264 g/mol. The zero-order valence-electron chi connectivity index (χ0n) is 13.1. The fourth-order valence-electron chi connectivity index (χ4n) is 5.39. The molecule has 2 bridgehead atoms. The molecule has 0 radical (unpaired) electrons. The zero-order valence-corrected chi connectivity index (χ0v) is 13.1. The first-order valence-electron chi connectivity index (χ1n) is 8.57. The number of fused-ring (bicyclic) bond motifs is 2. The van der Waals surface area contributed by atoms with Crippen molar-refractivity contribution in [3.05, 3.63) is 0 Å². The Morgan fingerprint density at radius 2 is 1.79 bits per heavy atom. The molecule has 1 saturated carbocycles. The highest BCUT2D eigenvalue weighted by Gasteiger charge is 2.47. The lowest BCUT2D eigenvalue weighted by Crippen LogP contribution is -2.51. The fraction of sp³-hybridized carbons (Fsp3) is 1.00. The van der Waals surface area contributed by atoms with Gasteiger partial charge in [0.2, 0.25) is 0 Å². The average Bonchev–Trinajstić information content (AvgIpc) is 2.65. The summed E-state index contributed by atoms with van der Waals surface area (Å²) in [4.78, 5) is 2.71. The first-order chi connectivity index (χ1) is 9.20. The molecular weight excluding hydrogens is 232 g/mol. The van der Waals surface area contributed by atoms with E-state index in [0.29, 0.717) is 0 Å². The Morgan fingerprint density at radius 1 is 1.05 bits per heavy atom. The molecule has 1 aliphatic carbocycles. The summed E-state index contributed by atoms with van der Waals surface area (Å²) < 4.78 is 0. The summed E-state index contributed by atoms with van der Waals surface area (Å²) in [5.41, 5.74) is 0. The number of hydrogen-bond acceptors (Lipinski definition) is 2. The summed E-state index contributed by atoms with van der Waals surface area (Å²) in [6, 6.07) is 1.78. The van der Waals surface area contributed by atoms with E-state index in [9.17, 15) is 0 Å². The molecule has 0 aromatic heterocycles. The predicted octanol–water partition coefficient (Wildman–Crippen LogP) is 3.13. The molecule has 2 heteroatoms. The molecule has 3 aliphatic rings. The normalized spacial score (nSPS) is 47.5. The third-order valence-corrected chi connectivity index (χ3v) is 6.59. The van der Waals surface area contributed by atoms with Crippen molar-refractivity contribution in [2.45, 2.75) is 64.0 Å². The summed E-state index contributed by atoms with van der Waals surface area (Å²) >= 11 is 0. The maximum absolute atomic E-state index is 3.49. The van der Waals surface area contributed by atoms with E-state index in [-0.39, 0.29) is 0 Å². The molecule has 0 aromatic rings. The molecule has 3 rings (SSSR count). The van der Waals surface area contributed by atoms with Gasteiger partial charge in [-0.1, -0.05) is 19.8 Å². The van der Waals surface area contributed by atoms with Gasteiger partial charge in [-0.05, 0) is 76.4 Å². The maximum Gasteiger partial charge on any atom is 0.0139 e. The highest BCUT2D eigenvalue weighted by atomic mass is 15.2. The SMILES string of the molecule is CNCC1C2CC[C@H](C[C@@H]1C1CCC(C)CC1)N2C. The minimum absolute atomic E-state index is 0.871. The van der Waals surface area contributed by atoms with E-state index in [1.807, 2.05) is 0 Å². The molecule has 2 heterocycles. The van der Waals surface area contributed by atoms with Crippen LogP contribution < -0.4 is 5.32 Å². The Bertz CT molecular complexity index is 296. The third kappa shape index (κ3) is 2.58. The van der Waals surface area contributed by atoms with Crippen LogP contribution in [0.5, 0.6) is 0 Å². The Morgan fingerprint density at radius 3 is 2.47 bits per heavy atom. The van der Waals surface area contributed by atoms with Gasteiger partial charge in [-0.3, -0.25) is 0 Å². The van der Waals surface area contributed by atoms with Crippen LogP contribution in [-0.4, -0.2) is 37.6 Å². The van der Waals surface area contributed by atoms with E-state index in [2.05, 4.69) is 31.2 Å². The molecule has 110 valence electrons. The van der Waals surface area contributed by atoms with Crippen LogP contribution in [0.4, 0.5) is 0 Å². The quantitative estimate of drug-likeness (QED) is 0.842. The molecule has 3 fully saturated rings. The van der Waals surface area contributed by atoms with Gasteiger partial charge in [0.1, 0.15) is 0 Å². The average molecular weight is 264 g/mol. The van der Waals surface area contributed by atoms with Gasteiger partial charge in [0.15, 0.2) is 0 Å². The molecule has 0 amide bonds. The van der Waals surface area contributed by atoms with Gasteiger partial charge >= 0.3 is 0 Å². The lowest BCUT2D eigenvalue weighted by molar-refractivity contribution is 0.0234. The van der Waals surface area contributed by atoms with Crippen molar-refractivity contribution in [2.24, 2.45) is 23.7 Å². The van der Waals surface area contributed by atoms with Gasteiger partial charge in [-0.2, -0.15) is 0 Å². The lowest BCUT2D eigenvalue weighted by Gasteiger charge is -2.47. The molecule has 2 saturated heterocycles. The molecule has 2 nitrogen and oxygen atoms in total. The van der Waals surface area contributed by atoms with E-state index < -0.39 is 0 Å². The van der Waals surface area contributed by atoms with Crippen LogP contribution >= 0.6 is 0 Å². The van der Waals surface area contributed by atoms with E-state index in [1.54, 1.807) is 0 Å². The van der Waals surface area contributed by atoms with Crippen LogP contribution in [0, 0.1) is 23.7 Å². The van der Waals surface area contributed by atoms with Crippen LogP contribution in [0.25, 0.3) is 0 Å². The second kappa shape index (κ2) is 5.73. The van der Waals surface area contributed by atoms with Crippen molar-refractivity contribution in [1.82, 2.24) is 10.2 Å². The lowest BCUT2D eigenvalue weighted by atomic mass is 9.67. The zero-order chi connectivity index (χ0) is 13.4. The topological polar surface area (TPSA) is 15.3 Å². The van der Waals surface area contributed by atoms with E-state index in [0.717, 1.165) is 35.8 Å². The molecule has 1 N–H and O–H groups in total. The van der Waals surface area contributed by atoms with E-state index in [4.69, 9.17) is 0 Å². The van der Waals surface area contributed by atoms with Gasteiger partial charge in [0.25, 0.3) is 0 Å². The van der Waals surface area contributed by atoms with Crippen molar-refractivity contribution < 1.29 is 0 Å². The van der Waals surface area contributed by atoms with Crippen molar-refractivity contribution >= 4 is 0 Å². The van der Waals surface area contributed by atoms with Crippen molar-refractivity contribution in [3.63, 3.8) is 0 Å². The Balaban J connectivity index is 1.72. The minimum atomic E-state index is 0.871. The molecule has 2 unspecified atom stereocenters. The molecule has 4 atom stereocenters. The summed E-state index contributed by atoms with van der Waals surface area (Å²) in [5, 5.41) is 3.49. The largest absolute Gasteiger partial charge is 0.319 e. The predicted molar refractivity (Wildman–Crippen MR) is 81.2 cm³/mol. The second-order valence-electron chi connectivity index (χ2n) is 7.61. The second-order valence-corrected chi connectivity index (χ2v) is 7.61. The van der Waals surface area contributed by atoms with Crippen LogP contribution in [0.15, 0.2) is 0 Å².